The molecular formula is C6H17N3O3. The number of rotatable bonds is 0. The van der Waals surface area contributed by atoms with E-state index in [1.54, 1.807) is 0 Å². The van der Waals surface area contributed by atoms with E-state index in [4.69, 9.17) is 14.6 Å². The second kappa shape index (κ2) is 8.25. The molecule has 0 spiro atoms. The standard InChI is InChI=1S/C5H10O2.CH4N2O.H3N/c6-5-3-1-2-4-7-5;2-1(3)4;/h5-6H,1-4H2;(H4,2,3,4);1H3. The van der Waals surface area contributed by atoms with Crippen LogP contribution in [0.15, 0.2) is 0 Å². The molecule has 0 aromatic heterocycles. The minimum Gasteiger partial charge on any atom is -0.368 e. The van der Waals surface area contributed by atoms with E-state index in [0.29, 0.717) is 0 Å². The van der Waals surface area contributed by atoms with Crippen LogP contribution in [0.25, 0.3) is 0 Å². The molecule has 12 heavy (non-hydrogen) atoms. The molecule has 1 aliphatic heterocycles. The van der Waals surface area contributed by atoms with Gasteiger partial charge in [0.15, 0.2) is 6.29 Å². The number of primary amides is 2. The van der Waals surface area contributed by atoms with Crippen LogP contribution in [0.1, 0.15) is 19.3 Å². The van der Waals surface area contributed by atoms with Crippen molar-refractivity contribution in [3.05, 3.63) is 0 Å². The Balaban J connectivity index is 0. The van der Waals surface area contributed by atoms with Crippen molar-refractivity contribution in [2.75, 3.05) is 6.61 Å². The van der Waals surface area contributed by atoms with Gasteiger partial charge in [-0.3, -0.25) is 0 Å². The molecular weight excluding hydrogens is 162 g/mol. The van der Waals surface area contributed by atoms with Crippen LogP contribution in [-0.2, 0) is 4.74 Å². The number of urea groups is 1. The van der Waals surface area contributed by atoms with Gasteiger partial charge in [0.05, 0.1) is 0 Å². The molecule has 1 saturated heterocycles. The zero-order valence-corrected chi connectivity index (χ0v) is 7.03. The predicted octanol–water partition coefficient (Wildman–Crippen LogP) is -0.309. The Kier molecular flexibility index (Phi) is 9.43. The summed E-state index contributed by atoms with van der Waals surface area (Å²) in [7, 11) is 0. The third-order valence-electron chi connectivity index (χ3n) is 1.16. The van der Waals surface area contributed by atoms with Crippen LogP contribution in [0, 0.1) is 0 Å². The lowest BCUT2D eigenvalue weighted by Crippen LogP contribution is -2.18. The highest BCUT2D eigenvalue weighted by molar-refractivity contribution is 5.69. The molecule has 0 aromatic rings. The summed E-state index contributed by atoms with van der Waals surface area (Å²) in [4.78, 5) is 9.00. The van der Waals surface area contributed by atoms with Gasteiger partial charge >= 0.3 is 6.03 Å². The van der Waals surface area contributed by atoms with Crippen molar-refractivity contribution in [1.82, 2.24) is 6.15 Å². The van der Waals surface area contributed by atoms with E-state index in [2.05, 4.69) is 11.5 Å². The number of hydrogen-bond acceptors (Lipinski definition) is 4. The lowest BCUT2D eigenvalue weighted by molar-refractivity contribution is -0.123. The van der Waals surface area contributed by atoms with E-state index in [1.165, 1.54) is 0 Å². The Bertz CT molecular complexity index is 111. The van der Waals surface area contributed by atoms with E-state index < -0.39 is 12.3 Å². The van der Waals surface area contributed by atoms with Crippen molar-refractivity contribution >= 4 is 6.03 Å². The Morgan fingerprint density at radius 3 is 2.08 bits per heavy atom. The summed E-state index contributed by atoms with van der Waals surface area (Å²) in [6.07, 6.45) is 2.58. The lowest BCUT2D eigenvalue weighted by Gasteiger charge is -2.16. The molecule has 8 N–H and O–H groups in total. The van der Waals surface area contributed by atoms with Crippen LogP contribution in [0.3, 0.4) is 0 Å². The van der Waals surface area contributed by atoms with Crippen molar-refractivity contribution in [2.24, 2.45) is 11.5 Å². The quantitative estimate of drug-likeness (QED) is 0.405. The van der Waals surface area contributed by atoms with Gasteiger partial charge in [-0.05, 0) is 19.3 Å². The average molecular weight is 179 g/mol. The van der Waals surface area contributed by atoms with Gasteiger partial charge in [-0.2, -0.15) is 0 Å². The fourth-order valence-corrected chi connectivity index (χ4v) is 0.724. The number of amides is 2. The summed E-state index contributed by atoms with van der Waals surface area (Å²) in [5, 5.41) is 8.69. The molecule has 1 atom stereocenters. The van der Waals surface area contributed by atoms with Gasteiger partial charge in [-0.1, -0.05) is 0 Å². The van der Waals surface area contributed by atoms with Gasteiger partial charge in [0.25, 0.3) is 0 Å². The van der Waals surface area contributed by atoms with Crippen molar-refractivity contribution in [2.45, 2.75) is 25.6 Å². The number of carbonyl (C=O) groups excluding carboxylic acids is 1. The fraction of sp³-hybridized carbons (Fsp3) is 0.833. The zero-order valence-electron chi connectivity index (χ0n) is 7.03. The monoisotopic (exact) mass is 179 g/mol. The van der Waals surface area contributed by atoms with Crippen LogP contribution in [-0.4, -0.2) is 24.0 Å². The van der Waals surface area contributed by atoms with Crippen molar-refractivity contribution < 1.29 is 14.6 Å². The number of ether oxygens (including phenoxy) is 1. The van der Waals surface area contributed by atoms with E-state index in [1.807, 2.05) is 0 Å². The molecule has 1 fully saturated rings. The smallest absolute Gasteiger partial charge is 0.309 e. The summed E-state index contributed by atoms with van der Waals surface area (Å²) in [6.45, 7) is 0.737. The molecule has 6 heteroatoms. The van der Waals surface area contributed by atoms with Crippen molar-refractivity contribution in [3.63, 3.8) is 0 Å². The Labute approximate surface area is 71.4 Å². The van der Waals surface area contributed by atoms with E-state index in [0.717, 1.165) is 25.9 Å². The number of nitrogens with two attached hydrogens (primary N) is 2. The molecule has 1 aliphatic rings. The van der Waals surface area contributed by atoms with Crippen molar-refractivity contribution in [1.29, 1.82) is 0 Å². The van der Waals surface area contributed by atoms with E-state index in [-0.39, 0.29) is 6.15 Å². The minimum atomic E-state index is -0.833. The molecule has 0 bridgehead atoms. The maximum Gasteiger partial charge on any atom is 0.309 e. The molecule has 1 heterocycles. The van der Waals surface area contributed by atoms with Crippen LogP contribution < -0.4 is 17.6 Å². The summed E-state index contributed by atoms with van der Waals surface area (Å²) >= 11 is 0. The first-order valence-corrected chi connectivity index (χ1v) is 3.47. The molecule has 6 nitrogen and oxygen atoms in total. The van der Waals surface area contributed by atoms with Crippen LogP contribution >= 0.6 is 0 Å². The van der Waals surface area contributed by atoms with E-state index >= 15 is 0 Å². The molecule has 0 aromatic carbocycles. The SMILES string of the molecule is N.NC(N)=O.OC1CCCCO1. The zero-order chi connectivity index (χ0) is 8.69. The molecule has 0 radical (unpaired) electrons. The maximum absolute atomic E-state index is 9.00. The second-order valence-electron chi connectivity index (χ2n) is 2.22. The topological polar surface area (TPSA) is 134 Å². The van der Waals surface area contributed by atoms with Gasteiger partial charge in [0.2, 0.25) is 0 Å². The number of hydrogen-bond donors (Lipinski definition) is 4. The lowest BCUT2D eigenvalue weighted by atomic mass is 10.2. The first-order chi connectivity index (χ1) is 5.13. The van der Waals surface area contributed by atoms with Gasteiger partial charge in [-0.25, -0.2) is 4.79 Å². The Morgan fingerprint density at radius 2 is 1.92 bits per heavy atom. The highest BCUT2D eigenvalue weighted by Gasteiger charge is 2.07. The summed E-state index contributed by atoms with van der Waals surface area (Å²) < 4.78 is 4.83. The largest absolute Gasteiger partial charge is 0.368 e. The van der Waals surface area contributed by atoms with Crippen LogP contribution in [0.4, 0.5) is 4.79 Å². The van der Waals surface area contributed by atoms with E-state index in [9.17, 15) is 0 Å². The summed E-state index contributed by atoms with van der Waals surface area (Å²) in [6, 6.07) is -0.833. The van der Waals surface area contributed by atoms with Gasteiger partial charge < -0.3 is 27.5 Å². The maximum atomic E-state index is 9.00. The van der Waals surface area contributed by atoms with Crippen molar-refractivity contribution in [3.8, 4) is 0 Å². The first-order valence-electron chi connectivity index (χ1n) is 3.47. The number of carbonyl (C=O) groups is 1. The number of aliphatic hydroxyl groups excluding tert-OH is 1. The molecule has 0 saturated carbocycles. The second-order valence-corrected chi connectivity index (χ2v) is 2.22. The number of aliphatic hydroxyl groups is 1. The van der Waals surface area contributed by atoms with Crippen LogP contribution in [0.5, 0.6) is 0 Å². The molecule has 1 unspecified atom stereocenters. The molecule has 74 valence electrons. The molecule has 0 aliphatic carbocycles. The average Bonchev–Trinajstić information content (AvgIpc) is 1.87. The van der Waals surface area contributed by atoms with Gasteiger partial charge in [0.1, 0.15) is 0 Å². The summed E-state index contributed by atoms with van der Waals surface area (Å²) in [5.74, 6) is 0. The molecule has 2 amide bonds. The fourth-order valence-electron chi connectivity index (χ4n) is 0.724. The van der Waals surface area contributed by atoms with Crippen LogP contribution in [0.2, 0.25) is 0 Å². The highest BCUT2D eigenvalue weighted by atomic mass is 16.6. The minimum absolute atomic E-state index is 0. The Hall–Kier alpha value is -0.850. The molecule has 1 rings (SSSR count). The first kappa shape index (κ1) is 13.7. The normalized spacial score (nSPS) is 21.2. The summed E-state index contributed by atoms with van der Waals surface area (Å²) in [5.41, 5.74) is 8.50. The van der Waals surface area contributed by atoms with Gasteiger partial charge in [-0.15, -0.1) is 0 Å². The van der Waals surface area contributed by atoms with Gasteiger partial charge in [0, 0.05) is 6.61 Å². The third-order valence-corrected chi connectivity index (χ3v) is 1.16. The third kappa shape index (κ3) is 11.9. The Morgan fingerprint density at radius 1 is 1.42 bits per heavy atom. The highest BCUT2D eigenvalue weighted by Crippen LogP contribution is 2.08. The predicted molar refractivity (Wildman–Crippen MR) is 44.6 cm³/mol.